The first-order valence-electron chi connectivity index (χ1n) is 10.1. The van der Waals surface area contributed by atoms with Crippen molar-refractivity contribution in [3.63, 3.8) is 0 Å². The van der Waals surface area contributed by atoms with Crippen molar-refractivity contribution in [3.05, 3.63) is 72.0 Å². The first kappa shape index (κ1) is 21.2. The van der Waals surface area contributed by atoms with Gasteiger partial charge in [-0.25, -0.2) is 4.52 Å². The van der Waals surface area contributed by atoms with Crippen molar-refractivity contribution in [1.29, 1.82) is 0 Å². The van der Waals surface area contributed by atoms with Crippen LogP contribution in [0.2, 0.25) is 0 Å². The van der Waals surface area contributed by atoms with Crippen LogP contribution in [0.1, 0.15) is 21.6 Å². The quantitative estimate of drug-likeness (QED) is 0.230. The molecule has 0 saturated carbocycles. The molecule has 2 heterocycles. The summed E-state index contributed by atoms with van der Waals surface area (Å²) in [5.74, 6) is 1.53. The van der Waals surface area contributed by atoms with Gasteiger partial charge in [0.1, 0.15) is 11.4 Å². The van der Waals surface area contributed by atoms with Crippen molar-refractivity contribution >= 4 is 28.5 Å². The zero-order valence-corrected chi connectivity index (χ0v) is 18.6. The number of carbonyl (C=O) groups excluding carboxylic acids is 1. The first-order chi connectivity index (χ1) is 15.5. The summed E-state index contributed by atoms with van der Waals surface area (Å²) < 4.78 is 20.1. The van der Waals surface area contributed by atoms with Gasteiger partial charge in [0.2, 0.25) is 0 Å². The zero-order valence-electron chi connectivity index (χ0n) is 18.6. The Morgan fingerprint density at radius 3 is 2.34 bits per heavy atom. The van der Waals surface area contributed by atoms with E-state index >= 15 is 0 Å². The third-order valence-electron chi connectivity index (χ3n) is 5.40. The monoisotopic (exact) mass is 431 g/mol. The minimum Gasteiger partial charge on any atom is -0.496 e. The van der Waals surface area contributed by atoms with E-state index in [9.17, 15) is 4.79 Å². The van der Waals surface area contributed by atoms with E-state index < -0.39 is 0 Å². The van der Waals surface area contributed by atoms with Gasteiger partial charge in [0.05, 0.1) is 43.6 Å². The molecule has 4 aromatic rings. The number of imidazole rings is 1. The molecule has 7 nitrogen and oxygen atoms in total. The van der Waals surface area contributed by atoms with Gasteiger partial charge in [-0.3, -0.25) is 4.79 Å². The maximum absolute atomic E-state index is 13.3. The second-order valence-corrected chi connectivity index (χ2v) is 7.23. The molecule has 0 fully saturated rings. The number of aryl methyl sites for hydroxylation is 1. The molecule has 0 saturated heterocycles. The van der Waals surface area contributed by atoms with E-state index in [1.165, 1.54) is 6.08 Å². The number of allylic oxidation sites excluding steroid dienone is 2. The first-order valence-corrected chi connectivity index (χ1v) is 10.1. The molecular weight excluding hydrogens is 406 g/mol. The molecule has 0 aliphatic heterocycles. The summed E-state index contributed by atoms with van der Waals surface area (Å²) in [4.78, 5) is 13.3. The summed E-state index contributed by atoms with van der Waals surface area (Å²) in [5, 5.41) is 4.65. The Bertz CT molecular complexity index is 1360. The molecule has 2 aromatic carbocycles. The molecule has 0 aliphatic carbocycles. The second-order valence-electron chi connectivity index (χ2n) is 7.23. The van der Waals surface area contributed by atoms with Crippen LogP contribution in [0.25, 0.3) is 22.8 Å². The smallest absolute Gasteiger partial charge is 0.191 e. The molecule has 0 atom stereocenters. The SMILES string of the molecule is C=CCn1c2ccccc2n2nc(C)c(C(=O)/C=C/c3cc(OC)c(OC)cc3OC)c12. The summed E-state index contributed by atoms with van der Waals surface area (Å²) >= 11 is 0. The Labute approximate surface area is 186 Å². The molecule has 0 N–H and O–H groups in total. The van der Waals surface area contributed by atoms with Crippen LogP contribution in [0.3, 0.4) is 0 Å². The molecule has 0 unspecified atom stereocenters. The van der Waals surface area contributed by atoms with Crippen molar-refractivity contribution < 1.29 is 19.0 Å². The van der Waals surface area contributed by atoms with Crippen molar-refractivity contribution in [2.24, 2.45) is 0 Å². The van der Waals surface area contributed by atoms with Crippen LogP contribution in [0, 0.1) is 6.92 Å². The van der Waals surface area contributed by atoms with Gasteiger partial charge in [-0.15, -0.1) is 6.58 Å². The number of carbonyl (C=O) groups is 1. The fourth-order valence-corrected chi connectivity index (χ4v) is 3.95. The average molecular weight is 431 g/mol. The Morgan fingerprint density at radius 2 is 1.69 bits per heavy atom. The number of ether oxygens (including phenoxy) is 3. The molecule has 7 heteroatoms. The molecule has 164 valence electrons. The predicted octanol–water partition coefficient (Wildman–Crippen LogP) is 4.71. The number of benzene rings is 2. The van der Waals surface area contributed by atoms with Crippen molar-refractivity contribution in [3.8, 4) is 17.2 Å². The molecule has 0 amide bonds. The summed E-state index contributed by atoms with van der Waals surface area (Å²) in [5.41, 5.74) is 4.60. The second kappa shape index (κ2) is 8.63. The van der Waals surface area contributed by atoms with Gasteiger partial charge in [-0.05, 0) is 37.3 Å². The van der Waals surface area contributed by atoms with Crippen LogP contribution < -0.4 is 14.2 Å². The number of methoxy groups -OCH3 is 3. The highest BCUT2D eigenvalue weighted by Gasteiger charge is 2.22. The molecule has 0 aliphatic rings. The molecule has 2 aromatic heterocycles. The molecule has 32 heavy (non-hydrogen) atoms. The number of nitrogens with zero attached hydrogens (tertiary/aromatic N) is 3. The number of rotatable bonds is 8. The van der Waals surface area contributed by atoms with Crippen LogP contribution in [0.4, 0.5) is 0 Å². The minimum atomic E-state index is -0.151. The summed E-state index contributed by atoms with van der Waals surface area (Å²) in [6.07, 6.45) is 5.06. The molecule has 0 spiro atoms. The third kappa shape index (κ3) is 3.41. The number of aromatic nitrogens is 3. The fraction of sp³-hybridized carbons (Fsp3) is 0.200. The van der Waals surface area contributed by atoms with Gasteiger partial charge in [-0.2, -0.15) is 5.10 Å². The van der Waals surface area contributed by atoms with Gasteiger partial charge in [0, 0.05) is 18.2 Å². The highest BCUT2D eigenvalue weighted by molar-refractivity contribution is 6.12. The van der Waals surface area contributed by atoms with Gasteiger partial charge in [-0.1, -0.05) is 18.2 Å². The highest BCUT2D eigenvalue weighted by Crippen LogP contribution is 2.35. The number of hydrogen-bond acceptors (Lipinski definition) is 5. The van der Waals surface area contributed by atoms with E-state index in [1.54, 1.807) is 39.5 Å². The van der Waals surface area contributed by atoms with E-state index in [1.807, 2.05) is 41.8 Å². The van der Waals surface area contributed by atoms with Crippen LogP contribution in [0.5, 0.6) is 17.2 Å². The summed E-state index contributed by atoms with van der Waals surface area (Å²) in [7, 11) is 4.70. The Kier molecular flexibility index (Phi) is 5.73. The van der Waals surface area contributed by atoms with E-state index in [-0.39, 0.29) is 5.78 Å². The summed E-state index contributed by atoms with van der Waals surface area (Å²) in [6, 6.07) is 11.4. The van der Waals surface area contributed by atoms with Gasteiger partial charge < -0.3 is 18.8 Å². The average Bonchev–Trinajstić information content (AvgIpc) is 3.30. The minimum absolute atomic E-state index is 0.151. The standard InChI is InChI=1S/C25H25N3O4/c1-6-13-27-18-9-7-8-10-19(18)28-25(27)24(16(2)26-28)20(29)12-11-17-14-22(31-4)23(32-5)15-21(17)30-3/h6-12,14-15H,1,13H2,2-5H3/b12-11+. The van der Waals surface area contributed by atoms with Gasteiger partial charge >= 0.3 is 0 Å². The van der Waals surface area contributed by atoms with Crippen molar-refractivity contribution in [1.82, 2.24) is 14.2 Å². The number of hydrogen-bond donors (Lipinski definition) is 0. The number of para-hydroxylation sites is 2. The Morgan fingerprint density at radius 1 is 1.03 bits per heavy atom. The lowest BCUT2D eigenvalue weighted by Gasteiger charge is -2.12. The Hall–Kier alpha value is -4.00. The van der Waals surface area contributed by atoms with E-state index in [4.69, 9.17) is 14.2 Å². The lowest BCUT2D eigenvalue weighted by Crippen LogP contribution is -2.02. The van der Waals surface area contributed by atoms with Gasteiger partial charge in [0.25, 0.3) is 0 Å². The van der Waals surface area contributed by atoms with Crippen LogP contribution in [-0.2, 0) is 6.54 Å². The van der Waals surface area contributed by atoms with Gasteiger partial charge in [0.15, 0.2) is 17.3 Å². The third-order valence-corrected chi connectivity index (χ3v) is 5.40. The van der Waals surface area contributed by atoms with E-state index in [0.29, 0.717) is 40.6 Å². The topological polar surface area (TPSA) is 67.0 Å². The molecule has 0 bridgehead atoms. The van der Waals surface area contributed by atoms with E-state index in [0.717, 1.165) is 16.7 Å². The number of fused-ring (bicyclic) bond motifs is 3. The summed E-state index contributed by atoms with van der Waals surface area (Å²) in [6.45, 7) is 6.28. The Balaban J connectivity index is 1.82. The lowest BCUT2D eigenvalue weighted by molar-refractivity contribution is 0.104. The van der Waals surface area contributed by atoms with Crippen LogP contribution >= 0.6 is 0 Å². The maximum Gasteiger partial charge on any atom is 0.191 e. The van der Waals surface area contributed by atoms with E-state index in [2.05, 4.69) is 16.2 Å². The predicted molar refractivity (Wildman–Crippen MR) is 125 cm³/mol. The maximum atomic E-state index is 13.3. The fourth-order valence-electron chi connectivity index (χ4n) is 3.95. The zero-order chi connectivity index (χ0) is 22.8. The molecular formula is C25H25N3O4. The largest absolute Gasteiger partial charge is 0.496 e. The molecule has 0 radical (unpaired) electrons. The lowest BCUT2D eigenvalue weighted by atomic mass is 10.1. The van der Waals surface area contributed by atoms with Crippen molar-refractivity contribution in [2.75, 3.05) is 21.3 Å². The van der Waals surface area contributed by atoms with Crippen molar-refractivity contribution in [2.45, 2.75) is 13.5 Å². The van der Waals surface area contributed by atoms with Crippen LogP contribution in [-0.4, -0.2) is 41.3 Å². The normalized spacial score (nSPS) is 11.4. The highest BCUT2D eigenvalue weighted by atomic mass is 16.5. The van der Waals surface area contributed by atoms with Crippen LogP contribution in [0.15, 0.2) is 55.1 Å². The number of ketones is 1. The molecule has 4 rings (SSSR count).